The van der Waals surface area contributed by atoms with Gasteiger partial charge in [0.1, 0.15) is 11.5 Å². The maximum atomic E-state index is 11.1. The summed E-state index contributed by atoms with van der Waals surface area (Å²) < 4.78 is 0. The van der Waals surface area contributed by atoms with Gasteiger partial charge in [0.05, 0.1) is 17.3 Å². The van der Waals surface area contributed by atoms with E-state index in [0.29, 0.717) is 30.3 Å². The number of hydrogen-bond acceptors (Lipinski definition) is 5. The van der Waals surface area contributed by atoms with Crippen molar-refractivity contribution in [2.45, 2.75) is 78.4 Å². The number of carbonyl (C=O) groups is 1. The van der Waals surface area contributed by atoms with Crippen LogP contribution in [0, 0.1) is 6.92 Å². The van der Waals surface area contributed by atoms with Crippen LogP contribution >= 0.6 is 0 Å². The van der Waals surface area contributed by atoms with Crippen LogP contribution < -0.4 is 0 Å². The molecule has 0 aliphatic rings. The van der Waals surface area contributed by atoms with Gasteiger partial charge in [-0.1, -0.05) is 23.3 Å². The van der Waals surface area contributed by atoms with Gasteiger partial charge in [0, 0.05) is 5.56 Å². The minimum Gasteiger partial charge on any atom is -0.508 e. The second-order valence-electron chi connectivity index (χ2n) is 8.12. The number of aliphatic hydroxyl groups is 2. The highest BCUT2D eigenvalue weighted by Gasteiger charge is 2.23. The van der Waals surface area contributed by atoms with Crippen LogP contribution in [0.15, 0.2) is 29.4 Å². The summed E-state index contributed by atoms with van der Waals surface area (Å²) in [6.07, 6.45) is 7.21. The topological polar surface area (TPSA) is 98.0 Å². The molecule has 1 rings (SSSR count). The van der Waals surface area contributed by atoms with Crippen LogP contribution in [0.1, 0.15) is 74.9 Å². The first-order valence-corrected chi connectivity index (χ1v) is 9.68. The zero-order valence-corrected chi connectivity index (χ0v) is 17.6. The van der Waals surface area contributed by atoms with E-state index in [9.17, 15) is 25.2 Å². The molecule has 0 saturated carbocycles. The van der Waals surface area contributed by atoms with Crippen LogP contribution in [0.4, 0.5) is 0 Å². The summed E-state index contributed by atoms with van der Waals surface area (Å²) in [4.78, 5) is 11.1. The molecule has 156 valence electrons. The maximum absolute atomic E-state index is 11.1. The lowest BCUT2D eigenvalue weighted by Crippen LogP contribution is -2.35. The summed E-state index contributed by atoms with van der Waals surface area (Å²) in [5.41, 5.74) is 2.32. The standard InChI is InChI=1S/C23H34O5/c1-15(7-6-8-16(2)10-12-21(26)23(4,5)28)9-11-18-20(25)13-17(3)19(14-24)22(18)27/h8-9,13-14,21,25-28H,6-7,10-12H2,1-5H3. The Morgan fingerprint density at radius 1 is 1.14 bits per heavy atom. The van der Waals surface area contributed by atoms with Gasteiger partial charge in [-0.3, -0.25) is 4.79 Å². The molecule has 0 aliphatic carbocycles. The Hall–Kier alpha value is -2.11. The summed E-state index contributed by atoms with van der Waals surface area (Å²) >= 11 is 0. The Bertz CT molecular complexity index is 738. The molecule has 1 unspecified atom stereocenters. The minimum absolute atomic E-state index is 0.00856. The van der Waals surface area contributed by atoms with Crippen molar-refractivity contribution in [1.82, 2.24) is 0 Å². The molecule has 5 heteroatoms. The summed E-state index contributed by atoms with van der Waals surface area (Å²) in [6, 6.07) is 1.50. The number of aryl methyl sites for hydroxylation is 1. The molecule has 5 nitrogen and oxygen atoms in total. The van der Waals surface area contributed by atoms with Gasteiger partial charge in [-0.15, -0.1) is 0 Å². The summed E-state index contributed by atoms with van der Waals surface area (Å²) in [5, 5.41) is 39.9. The third-order valence-electron chi connectivity index (χ3n) is 5.06. The zero-order chi connectivity index (χ0) is 21.5. The first kappa shape index (κ1) is 23.9. The van der Waals surface area contributed by atoms with E-state index in [1.807, 2.05) is 19.9 Å². The number of aliphatic hydroxyl groups excluding tert-OH is 1. The van der Waals surface area contributed by atoms with Gasteiger partial charge in [-0.2, -0.15) is 0 Å². The number of benzene rings is 1. The van der Waals surface area contributed by atoms with E-state index in [1.54, 1.807) is 20.8 Å². The summed E-state index contributed by atoms with van der Waals surface area (Å²) in [6.45, 7) is 8.88. The molecule has 28 heavy (non-hydrogen) atoms. The van der Waals surface area contributed by atoms with Gasteiger partial charge >= 0.3 is 0 Å². The van der Waals surface area contributed by atoms with Gasteiger partial charge in [0.15, 0.2) is 6.29 Å². The smallest absolute Gasteiger partial charge is 0.154 e. The second kappa shape index (κ2) is 10.4. The molecule has 0 saturated heterocycles. The average molecular weight is 391 g/mol. The molecule has 4 N–H and O–H groups in total. The van der Waals surface area contributed by atoms with E-state index in [-0.39, 0.29) is 17.1 Å². The molecular weight excluding hydrogens is 356 g/mol. The van der Waals surface area contributed by atoms with Crippen LogP contribution in [0.3, 0.4) is 0 Å². The minimum atomic E-state index is -1.09. The monoisotopic (exact) mass is 390 g/mol. The number of allylic oxidation sites excluding steroid dienone is 4. The van der Waals surface area contributed by atoms with Crippen LogP contribution in [0.25, 0.3) is 0 Å². The fraction of sp³-hybridized carbons (Fsp3) is 0.522. The number of rotatable bonds is 10. The van der Waals surface area contributed by atoms with Crippen molar-refractivity contribution in [2.75, 3.05) is 0 Å². The van der Waals surface area contributed by atoms with E-state index in [2.05, 4.69) is 6.08 Å². The fourth-order valence-corrected chi connectivity index (χ4v) is 2.93. The average Bonchev–Trinajstić information content (AvgIpc) is 2.58. The highest BCUT2D eigenvalue weighted by molar-refractivity contribution is 5.83. The normalized spacial score (nSPS) is 14.2. The number of phenolic OH excluding ortho intramolecular Hbond substituents is 2. The first-order valence-electron chi connectivity index (χ1n) is 9.68. The van der Waals surface area contributed by atoms with Gasteiger partial charge in [0.25, 0.3) is 0 Å². The zero-order valence-electron chi connectivity index (χ0n) is 17.6. The van der Waals surface area contributed by atoms with Crippen molar-refractivity contribution in [3.63, 3.8) is 0 Å². The number of carbonyl (C=O) groups excluding carboxylic acids is 1. The van der Waals surface area contributed by atoms with Crippen molar-refractivity contribution in [3.8, 4) is 11.5 Å². The van der Waals surface area contributed by atoms with Crippen molar-refractivity contribution < 1.29 is 25.2 Å². The molecule has 0 aromatic heterocycles. The van der Waals surface area contributed by atoms with E-state index >= 15 is 0 Å². The first-order chi connectivity index (χ1) is 13.0. The van der Waals surface area contributed by atoms with Crippen LogP contribution in [0.2, 0.25) is 0 Å². The number of aldehydes is 1. The molecule has 0 radical (unpaired) electrons. The number of aromatic hydroxyl groups is 2. The lowest BCUT2D eigenvalue weighted by molar-refractivity contribution is -0.0509. The Balaban J connectivity index is 2.62. The third-order valence-corrected chi connectivity index (χ3v) is 5.06. The molecule has 0 heterocycles. The Morgan fingerprint density at radius 2 is 1.75 bits per heavy atom. The predicted molar refractivity (Wildman–Crippen MR) is 112 cm³/mol. The molecule has 0 bridgehead atoms. The Morgan fingerprint density at radius 3 is 2.32 bits per heavy atom. The lowest BCUT2D eigenvalue weighted by Gasteiger charge is -2.24. The van der Waals surface area contributed by atoms with Crippen LogP contribution in [-0.4, -0.2) is 38.4 Å². The SMILES string of the molecule is CC(=CCc1c(O)cc(C)c(C=O)c1O)CCC=C(C)CCC(O)C(C)(C)O. The summed E-state index contributed by atoms with van der Waals surface area (Å²) in [7, 11) is 0. The third kappa shape index (κ3) is 7.13. The molecule has 0 amide bonds. The van der Waals surface area contributed by atoms with E-state index in [1.165, 1.54) is 11.6 Å². The van der Waals surface area contributed by atoms with Gasteiger partial charge in [0.2, 0.25) is 0 Å². The van der Waals surface area contributed by atoms with Crippen molar-refractivity contribution in [3.05, 3.63) is 46.1 Å². The van der Waals surface area contributed by atoms with Gasteiger partial charge < -0.3 is 20.4 Å². The Labute approximate surface area is 168 Å². The van der Waals surface area contributed by atoms with E-state index in [4.69, 9.17) is 0 Å². The predicted octanol–water partition coefficient (Wildman–Crippen LogP) is 4.35. The molecule has 0 spiro atoms. The van der Waals surface area contributed by atoms with E-state index in [0.717, 1.165) is 24.8 Å². The van der Waals surface area contributed by atoms with Crippen molar-refractivity contribution >= 4 is 6.29 Å². The second-order valence-corrected chi connectivity index (χ2v) is 8.12. The van der Waals surface area contributed by atoms with Gasteiger partial charge in [-0.05, 0) is 78.4 Å². The van der Waals surface area contributed by atoms with Crippen molar-refractivity contribution in [2.24, 2.45) is 0 Å². The largest absolute Gasteiger partial charge is 0.508 e. The van der Waals surface area contributed by atoms with Gasteiger partial charge in [-0.25, -0.2) is 0 Å². The highest BCUT2D eigenvalue weighted by Crippen LogP contribution is 2.33. The van der Waals surface area contributed by atoms with Crippen LogP contribution in [0.5, 0.6) is 11.5 Å². The number of hydrogen-bond donors (Lipinski definition) is 4. The molecule has 1 aromatic rings. The molecular formula is C23H34O5. The molecule has 0 fully saturated rings. The lowest BCUT2D eigenvalue weighted by atomic mass is 9.95. The van der Waals surface area contributed by atoms with Crippen LogP contribution in [-0.2, 0) is 6.42 Å². The van der Waals surface area contributed by atoms with Crippen molar-refractivity contribution in [1.29, 1.82) is 0 Å². The highest BCUT2D eigenvalue weighted by atomic mass is 16.3. The quantitative estimate of drug-likeness (QED) is 0.352. The number of phenols is 2. The fourth-order valence-electron chi connectivity index (χ4n) is 2.93. The van der Waals surface area contributed by atoms with E-state index < -0.39 is 11.7 Å². The Kier molecular flexibility index (Phi) is 8.92. The summed E-state index contributed by atoms with van der Waals surface area (Å²) in [5.74, 6) is -0.164. The molecule has 0 aliphatic heterocycles. The molecule has 1 aromatic carbocycles. The maximum Gasteiger partial charge on any atom is 0.154 e. The molecule has 1 atom stereocenters.